The number of nitrogens with one attached hydrogen (secondary N) is 2. The lowest BCUT2D eigenvalue weighted by molar-refractivity contribution is -0.149. The number of fused-ring (bicyclic) bond motifs is 1. The van der Waals surface area contributed by atoms with Gasteiger partial charge < -0.3 is 25.4 Å². The molecule has 1 aliphatic heterocycles. The van der Waals surface area contributed by atoms with Gasteiger partial charge in [0.25, 0.3) is 0 Å². The molecule has 3 rings (SSSR count). The van der Waals surface area contributed by atoms with E-state index in [4.69, 9.17) is 4.74 Å². The summed E-state index contributed by atoms with van der Waals surface area (Å²) in [7, 11) is 0. The number of carbonyl (C=O) groups is 3. The largest absolute Gasteiger partial charge is 0.494 e. The summed E-state index contributed by atoms with van der Waals surface area (Å²) in [5.74, 6) is -0.456. The van der Waals surface area contributed by atoms with Gasteiger partial charge in [0.05, 0.1) is 18.6 Å². The molecule has 1 heterocycles. The SMILES string of the molecule is CCOc1ccc(NC(=O)CNC(=O)N2C[C@@H]3CCC[C@@]3(C(=O)O)C2)cc1. The van der Waals surface area contributed by atoms with E-state index in [2.05, 4.69) is 10.6 Å². The van der Waals surface area contributed by atoms with Crippen molar-refractivity contribution in [1.82, 2.24) is 10.2 Å². The Morgan fingerprint density at radius 1 is 1.30 bits per heavy atom. The highest BCUT2D eigenvalue weighted by Crippen LogP contribution is 2.48. The fourth-order valence-corrected chi connectivity index (χ4v) is 4.07. The molecule has 0 unspecified atom stereocenters. The van der Waals surface area contributed by atoms with E-state index in [1.807, 2.05) is 6.92 Å². The van der Waals surface area contributed by atoms with E-state index in [1.165, 1.54) is 4.90 Å². The number of hydrogen-bond donors (Lipinski definition) is 3. The van der Waals surface area contributed by atoms with Gasteiger partial charge in [-0.3, -0.25) is 9.59 Å². The summed E-state index contributed by atoms with van der Waals surface area (Å²) in [6, 6.07) is 6.57. The van der Waals surface area contributed by atoms with E-state index in [0.717, 1.165) is 18.6 Å². The molecule has 2 fully saturated rings. The Bertz CT molecular complexity index is 721. The second kappa shape index (κ2) is 7.85. The number of nitrogens with zero attached hydrogens (tertiary/aromatic N) is 1. The van der Waals surface area contributed by atoms with E-state index in [-0.39, 0.29) is 24.9 Å². The zero-order valence-electron chi connectivity index (χ0n) is 15.4. The molecule has 1 saturated heterocycles. The molecule has 27 heavy (non-hydrogen) atoms. The number of benzene rings is 1. The first-order chi connectivity index (χ1) is 12.9. The number of anilines is 1. The predicted molar refractivity (Wildman–Crippen MR) is 98.6 cm³/mol. The molecule has 1 aromatic rings. The van der Waals surface area contributed by atoms with E-state index in [1.54, 1.807) is 24.3 Å². The maximum Gasteiger partial charge on any atom is 0.317 e. The van der Waals surface area contributed by atoms with E-state index in [9.17, 15) is 19.5 Å². The number of carboxylic acid groups (broad SMARTS) is 1. The summed E-state index contributed by atoms with van der Waals surface area (Å²) in [5, 5.41) is 14.9. The molecule has 0 spiro atoms. The highest BCUT2D eigenvalue weighted by atomic mass is 16.5. The van der Waals surface area contributed by atoms with Crippen LogP contribution in [0.1, 0.15) is 26.2 Å². The predicted octanol–water partition coefficient (Wildman–Crippen LogP) is 1.92. The Labute approximate surface area is 157 Å². The maximum absolute atomic E-state index is 12.3. The Kier molecular flexibility index (Phi) is 5.53. The number of amides is 3. The normalized spacial score (nSPS) is 23.6. The number of carbonyl (C=O) groups excluding carboxylic acids is 2. The maximum atomic E-state index is 12.3. The van der Waals surface area contributed by atoms with E-state index >= 15 is 0 Å². The van der Waals surface area contributed by atoms with E-state index < -0.39 is 17.4 Å². The summed E-state index contributed by atoms with van der Waals surface area (Å²) in [5.41, 5.74) is -0.208. The van der Waals surface area contributed by atoms with Gasteiger partial charge in [0.2, 0.25) is 5.91 Å². The molecule has 3 N–H and O–H groups in total. The lowest BCUT2D eigenvalue weighted by atomic mass is 9.81. The molecule has 0 aromatic heterocycles. The quantitative estimate of drug-likeness (QED) is 0.704. The van der Waals surface area contributed by atoms with Crippen LogP contribution < -0.4 is 15.4 Å². The fourth-order valence-electron chi connectivity index (χ4n) is 4.07. The fraction of sp³-hybridized carbons (Fsp3) is 0.526. The zero-order chi connectivity index (χ0) is 19.4. The summed E-state index contributed by atoms with van der Waals surface area (Å²) in [6.45, 7) is 2.92. The molecule has 0 radical (unpaired) electrons. The monoisotopic (exact) mass is 375 g/mol. The van der Waals surface area contributed by atoms with Crippen molar-refractivity contribution in [1.29, 1.82) is 0 Å². The van der Waals surface area contributed by atoms with Crippen molar-refractivity contribution in [2.24, 2.45) is 11.3 Å². The molecule has 8 heteroatoms. The van der Waals surface area contributed by atoms with Crippen molar-refractivity contribution in [2.45, 2.75) is 26.2 Å². The summed E-state index contributed by atoms with van der Waals surface area (Å²) in [6.07, 6.45) is 2.32. The molecule has 3 amide bonds. The van der Waals surface area contributed by atoms with Gasteiger partial charge in [-0.15, -0.1) is 0 Å². The van der Waals surface area contributed by atoms with Crippen LogP contribution in [0, 0.1) is 11.3 Å². The lowest BCUT2D eigenvalue weighted by Crippen LogP contribution is -2.44. The van der Waals surface area contributed by atoms with Crippen LogP contribution in [0.15, 0.2) is 24.3 Å². The second-order valence-corrected chi connectivity index (χ2v) is 7.10. The standard InChI is InChI=1S/C19H25N3O5/c1-2-27-15-7-5-14(6-8-15)21-16(23)10-20-18(26)22-11-13-4-3-9-19(13,12-22)17(24)25/h5-8,13H,2-4,9-12H2,1H3,(H,20,26)(H,21,23)(H,24,25)/t13-,19+/m0/s1. The summed E-state index contributed by atoms with van der Waals surface area (Å²) < 4.78 is 5.34. The molecule has 2 aliphatic rings. The van der Waals surface area contributed by atoms with Crippen molar-refractivity contribution in [3.05, 3.63) is 24.3 Å². The second-order valence-electron chi connectivity index (χ2n) is 7.10. The van der Waals surface area contributed by atoms with Crippen LogP contribution in [-0.2, 0) is 9.59 Å². The van der Waals surface area contributed by atoms with Crippen LogP contribution >= 0.6 is 0 Å². The van der Waals surface area contributed by atoms with Crippen molar-refractivity contribution < 1.29 is 24.2 Å². The molecular formula is C19H25N3O5. The molecule has 146 valence electrons. The van der Waals surface area contributed by atoms with Gasteiger partial charge >= 0.3 is 12.0 Å². The van der Waals surface area contributed by atoms with E-state index in [0.29, 0.717) is 25.3 Å². The highest BCUT2D eigenvalue weighted by molar-refractivity contribution is 5.94. The topological polar surface area (TPSA) is 108 Å². The minimum absolute atomic E-state index is 0.00145. The number of ether oxygens (including phenoxy) is 1. The molecule has 1 aliphatic carbocycles. The average Bonchev–Trinajstić information content (AvgIpc) is 3.20. The molecule has 1 aromatic carbocycles. The van der Waals surface area contributed by atoms with Gasteiger partial charge in [0.15, 0.2) is 0 Å². The van der Waals surface area contributed by atoms with Crippen LogP contribution in [0.5, 0.6) is 5.75 Å². The number of hydrogen-bond acceptors (Lipinski definition) is 4. The third-order valence-corrected chi connectivity index (χ3v) is 5.43. The van der Waals surface area contributed by atoms with Crippen LogP contribution in [0.3, 0.4) is 0 Å². The molecule has 0 bridgehead atoms. The summed E-state index contributed by atoms with van der Waals surface area (Å²) >= 11 is 0. The van der Waals surface area contributed by atoms with Crippen LogP contribution in [0.2, 0.25) is 0 Å². The number of aliphatic carboxylic acids is 1. The Morgan fingerprint density at radius 3 is 2.67 bits per heavy atom. The van der Waals surface area contributed by atoms with Gasteiger partial charge in [0.1, 0.15) is 5.75 Å². The summed E-state index contributed by atoms with van der Waals surface area (Å²) in [4.78, 5) is 37.6. The third-order valence-electron chi connectivity index (χ3n) is 5.43. The van der Waals surface area contributed by atoms with Crippen LogP contribution in [0.4, 0.5) is 10.5 Å². The molecule has 8 nitrogen and oxygen atoms in total. The first kappa shape index (κ1) is 19.0. The van der Waals surface area contributed by atoms with Crippen LogP contribution in [-0.4, -0.2) is 54.2 Å². The number of urea groups is 1. The van der Waals surface area contributed by atoms with Gasteiger partial charge in [-0.2, -0.15) is 0 Å². The Hall–Kier alpha value is -2.77. The zero-order valence-corrected chi connectivity index (χ0v) is 15.4. The van der Waals surface area contributed by atoms with Gasteiger partial charge in [-0.1, -0.05) is 6.42 Å². The third kappa shape index (κ3) is 3.99. The minimum Gasteiger partial charge on any atom is -0.494 e. The first-order valence-electron chi connectivity index (χ1n) is 9.23. The van der Waals surface area contributed by atoms with Gasteiger partial charge in [-0.25, -0.2) is 4.79 Å². The average molecular weight is 375 g/mol. The van der Waals surface area contributed by atoms with Gasteiger partial charge in [-0.05, 0) is 49.9 Å². The van der Waals surface area contributed by atoms with Gasteiger partial charge in [0, 0.05) is 18.8 Å². The number of rotatable bonds is 6. The number of likely N-dealkylation sites (tertiary alicyclic amines) is 1. The van der Waals surface area contributed by atoms with Crippen molar-refractivity contribution in [3.63, 3.8) is 0 Å². The molecular weight excluding hydrogens is 350 g/mol. The smallest absolute Gasteiger partial charge is 0.317 e. The Balaban J connectivity index is 1.48. The Morgan fingerprint density at radius 2 is 2.04 bits per heavy atom. The lowest BCUT2D eigenvalue weighted by Gasteiger charge is -2.23. The minimum atomic E-state index is -0.825. The molecule has 2 atom stereocenters. The van der Waals surface area contributed by atoms with Crippen molar-refractivity contribution >= 4 is 23.6 Å². The number of carboxylic acids is 1. The van der Waals surface area contributed by atoms with Crippen molar-refractivity contribution in [2.75, 3.05) is 31.6 Å². The van der Waals surface area contributed by atoms with Crippen LogP contribution in [0.25, 0.3) is 0 Å². The molecule has 1 saturated carbocycles. The highest BCUT2D eigenvalue weighted by Gasteiger charge is 2.55. The van der Waals surface area contributed by atoms with Crippen molar-refractivity contribution in [3.8, 4) is 5.75 Å². The first-order valence-corrected chi connectivity index (χ1v) is 9.23.